The monoisotopic (exact) mass is 378 g/mol. The van der Waals surface area contributed by atoms with E-state index in [1.165, 1.54) is 7.11 Å². The van der Waals surface area contributed by atoms with Crippen molar-refractivity contribution in [2.24, 2.45) is 0 Å². The molecule has 1 amide bonds. The highest BCUT2D eigenvalue weighted by Crippen LogP contribution is 2.20. The largest absolute Gasteiger partial charge is 0.484 e. The van der Waals surface area contributed by atoms with Crippen LogP contribution in [-0.2, 0) is 9.53 Å². The summed E-state index contributed by atoms with van der Waals surface area (Å²) < 4.78 is 9.93. The van der Waals surface area contributed by atoms with Gasteiger partial charge in [0.2, 0.25) is 0 Å². The van der Waals surface area contributed by atoms with Gasteiger partial charge < -0.3 is 14.8 Å². The number of hydrogen-bond acceptors (Lipinski definition) is 5. The molecule has 0 aliphatic heterocycles. The number of para-hydroxylation sites is 1. The van der Waals surface area contributed by atoms with Gasteiger partial charge in [-0.15, -0.1) is 0 Å². The molecule has 130 valence electrons. The third kappa shape index (κ3) is 5.74. The van der Waals surface area contributed by atoms with Crippen molar-refractivity contribution >= 4 is 46.5 Å². The highest BCUT2D eigenvalue weighted by atomic mass is 35.5. The van der Waals surface area contributed by atoms with Gasteiger partial charge in [0.15, 0.2) is 11.7 Å². The lowest BCUT2D eigenvalue weighted by Gasteiger charge is -2.11. The van der Waals surface area contributed by atoms with Crippen LogP contribution in [0.1, 0.15) is 10.4 Å². The first kappa shape index (κ1) is 18.7. The molecule has 2 rings (SSSR count). The van der Waals surface area contributed by atoms with Gasteiger partial charge in [0.1, 0.15) is 5.75 Å². The molecule has 0 saturated heterocycles. The summed E-state index contributed by atoms with van der Waals surface area (Å²) in [4.78, 5) is 23.2. The molecule has 0 aromatic heterocycles. The Labute approximate surface area is 155 Å². The van der Waals surface area contributed by atoms with E-state index in [2.05, 4.69) is 15.4 Å². The Morgan fingerprint density at radius 3 is 2.44 bits per heavy atom. The standard InChI is InChI=1S/C17H15ClN2O4S/c1-23-16(22)11-6-8-12(9-7-11)24-10-15(21)20-17(25)19-14-5-3-2-4-13(14)18/h2-9H,10H2,1H3,(H2,19,20,21,25). The first-order chi connectivity index (χ1) is 12.0. The van der Waals surface area contributed by atoms with Crippen molar-refractivity contribution < 1.29 is 19.1 Å². The Bertz CT molecular complexity index is 780. The minimum Gasteiger partial charge on any atom is -0.484 e. The number of thiocarbonyl (C=S) groups is 1. The van der Waals surface area contributed by atoms with Gasteiger partial charge in [-0.1, -0.05) is 23.7 Å². The topological polar surface area (TPSA) is 76.7 Å². The van der Waals surface area contributed by atoms with Crippen molar-refractivity contribution in [2.45, 2.75) is 0 Å². The molecule has 0 bridgehead atoms. The highest BCUT2D eigenvalue weighted by Gasteiger charge is 2.09. The van der Waals surface area contributed by atoms with Gasteiger partial charge in [0.05, 0.1) is 23.4 Å². The minimum atomic E-state index is -0.444. The Morgan fingerprint density at radius 2 is 1.80 bits per heavy atom. The molecule has 0 aliphatic rings. The Balaban J connectivity index is 1.81. The average Bonchev–Trinajstić information content (AvgIpc) is 2.61. The number of methoxy groups -OCH3 is 1. The van der Waals surface area contributed by atoms with E-state index in [-0.39, 0.29) is 11.7 Å². The molecular formula is C17H15ClN2O4S. The summed E-state index contributed by atoms with van der Waals surface area (Å²) in [5, 5.41) is 5.92. The van der Waals surface area contributed by atoms with Crippen molar-refractivity contribution in [3.63, 3.8) is 0 Å². The zero-order chi connectivity index (χ0) is 18.2. The zero-order valence-electron chi connectivity index (χ0n) is 13.2. The summed E-state index contributed by atoms with van der Waals surface area (Å²) in [5.74, 6) is -0.435. The van der Waals surface area contributed by atoms with Crippen molar-refractivity contribution in [3.05, 3.63) is 59.1 Å². The number of halogens is 1. The van der Waals surface area contributed by atoms with Crippen LogP contribution in [0.25, 0.3) is 0 Å². The number of benzene rings is 2. The van der Waals surface area contributed by atoms with Crippen LogP contribution in [0.4, 0.5) is 5.69 Å². The molecule has 0 spiro atoms. The smallest absolute Gasteiger partial charge is 0.337 e. The van der Waals surface area contributed by atoms with Crippen LogP contribution in [0, 0.1) is 0 Å². The van der Waals surface area contributed by atoms with Crippen LogP contribution in [0.3, 0.4) is 0 Å². The summed E-state index contributed by atoms with van der Waals surface area (Å²) in [7, 11) is 1.30. The molecular weight excluding hydrogens is 364 g/mol. The molecule has 8 heteroatoms. The Hall–Kier alpha value is -2.64. The van der Waals surface area contributed by atoms with Crippen LogP contribution < -0.4 is 15.4 Å². The molecule has 6 nitrogen and oxygen atoms in total. The molecule has 0 atom stereocenters. The molecule has 2 N–H and O–H groups in total. The molecule has 0 unspecified atom stereocenters. The van der Waals surface area contributed by atoms with E-state index >= 15 is 0 Å². The molecule has 0 saturated carbocycles. The fourth-order valence-corrected chi connectivity index (χ4v) is 2.24. The van der Waals surface area contributed by atoms with E-state index in [0.29, 0.717) is 22.0 Å². The molecule has 0 aliphatic carbocycles. The Morgan fingerprint density at radius 1 is 1.12 bits per heavy atom. The number of carbonyl (C=O) groups excluding carboxylic acids is 2. The van der Waals surface area contributed by atoms with Crippen molar-refractivity contribution in [1.29, 1.82) is 0 Å². The van der Waals surface area contributed by atoms with Crippen LogP contribution >= 0.6 is 23.8 Å². The lowest BCUT2D eigenvalue weighted by molar-refractivity contribution is -0.121. The molecule has 0 radical (unpaired) electrons. The SMILES string of the molecule is COC(=O)c1ccc(OCC(=O)NC(=S)Nc2ccccc2Cl)cc1. The fourth-order valence-electron chi connectivity index (χ4n) is 1.83. The number of amides is 1. The van der Waals surface area contributed by atoms with Crippen LogP contribution in [-0.4, -0.2) is 30.7 Å². The second-order valence-corrected chi connectivity index (χ2v) is 5.60. The second-order valence-electron chi connectivity index (χ2n) is 4.79. The van der Waals surface area contributed by atoms with E-state index in [0.717, 1.165) is 0 Å². The molecule has 0 fully saturated rings. The van der Waals surface area contributed by atoms with Gasteiger partial charge in [0, 0.05) is 0 Å². The van der Waals surface area contributed by atoms with Gasteiger partial charge in [-0.05, 0) is 48.6 Å². The number of anilines is 1. The van der Waals surface area contributed by atoms with Crippen molar-refractivity contribution in [2.75, 3.05) is 19.0 Å². The quantitative estimate of drug-likeness (QED) is 0.615. The second kappa shape index (κ2) is 9.00. The summed E-state index contributed by atoms with van der Waals surface area (Å²) in [6.45, 7) is -0.234. The lowest BCUT2D eigenvalue weighted by Crippen LogP contribution is -2.37. The number of hydrogen-bond donors (Lipinski definition) is 2. The fraction of sp³-hybridized carbons (Fsp3) is 0.118. The van der Waals surface area contributed by atoms with Crippen LogP contribution in [0.5, 0.6) is 5.75 Å². The van der Waals surface area contributed by atoms with Gasteiger partial charge in [-0.25, -0.2) is 4.79 Å². The summed E-state index contributed by atoms with van der Waals surface area (Å²) in [6.07, 6.45) is 0. The van der Waals surface area contributed by atoms with Gasteiger partial charge in [0.25, 0.3) is 5.91 Å². The van der Waals surface area contributed by atoms with E-state index in [4.69, 9.17) is 28.6 Å². The first-order valence-electron chi connectivity index (χ1n) is 7.16. The first-order valence-corrected chi connectivity index (χ1v) is 7.95. The van der Waals surface area contributed by atoms with E-state index in [1.807, 2.05) is 0 Å². The maximum atomic E-state index is 11.9. The summed E-state index contributed by atoms with van der Waals surface area (Å²) in [6, 6.07) is 13.2. The summed E-state index contributed by atoms with van der Waals surface area (Å²) in [5.41, 5.74) is 0.984. The van der Waals surface area contributed by atoms with E-state index < -0.39 is 11.9 Å². The van der Waals surface area contributed by atoms with Crippen molar-refractivity contribution in [3.8, 4) is 5.75 Å². The maximum absolute atomic E-state index is 11.9. The van der Waals surface area contributed by atoms with Crippen LogP contribution in [0.15, 0.2) is 48.5 Å². The number of esters is 1. The van der Waals surface area contributed by atoms with E-state index in [1.54, 1.807) is 48.5 Å². The van der Waals surface area contributed by atoms with Gasteiger partial charge in [-0.2, -0.15) is 0 Å². The van der Waals surface area contributed by atoms with Crippen LogP contribution in [0.2, 0.25) is 5.02 Å². The molecule has 2 aromatic rings. The van der Waals surface area contributed by atoms with Gasteiger partial charge >= 0.3 is 5.97 Å². The molecule has 0 heterocycles. The average molecular weight is 379 g/mol. The predicted molar refractivity (Wildman–Crippen MR) is 99.1 cm³/mol. The van der Waals surface area contributed by atoms with Gasteiger partial charge in [-0.3, -0.25) is 10.1 Å². The lowest BCUT2D eigenvalue weighted by atomic mass is 10.2. The minimum absolute atomic E-state index is 0.114. The predicted octanol–water partition coefficient (Wildman–Crippen LogP) is 3.02. The number of nitrogens with one attached hydrogen (secondary N) is 2. The summed E-state index contributed by atoms with van der Waals surface area (Å²) >= 11 is 11.1. The normalized spacial score (nSPS) is 9.84. The highest BCUT2D eigenvalue weighted by molar-refractivity contribution is 7.80. The number of carbonyl (C=O) groups is 2. The van der Waals surface area contributed by atoms with E-state index in [9.17, 15) is 9.59 Å². The third-order valence-electron chi connectivity index (χ3n) is 3.02. The Kier molecular flexibility index (Phi) is 6.73. The molecule has 25 heavy (non-hydrogen) atoms. The van der Waals surface area contributed by atoms with Crippen molar-refractivity contribution in [1.82, 2.24) is 5.32 Å². The number of rotatable bonds is 5. The zero-order valence-corrected chi connectivity index (χ0v) is 14.8. The molecule has 2 aromatic carbocycles. The third-order valence-corrected chi connectivity index (χ3v) is 3.55. The number of ether oxygens (including phenoxy) is 2. The maximum Gasteiger partial charge on any atom is 0.337 e.